The predicted octanol–water partition coefficient (Wildman–Crippen LogP) is 3.10. The van der Waals surface area contributed by atoms with Crippen molar-refractivity contribution < 1.29 is 10.1 Å². The van der Waals surface area contributed by atoms with Gasteiger partial charge in [0.05, 0.1) is 11.4 Å². The Morgan fingerprint density at radius 1 is 1.23 bits per heavy atom. The SMILES string of the molecule is O=C(Nc1ccc2c(c1)[NH2+]C(c1cscn1)=N2)C1CCc2ccccc21. The summed E-state index contributed by atoms with van der Waals surface area (Å²) in [5.41, 5.74) is 7.88. The second-order valence-electron chi connectivity index (χ2n) is 6.57. The van der Waals surface area contributed by atoms with Crippen molar-refractivity contribution in [2.75, 3.05) is 5.32 Å². The largest absolute Gasteiger partial charge is 0.325 e. The van der Waals surface area contributed by atoms with Gasteiger partial charge in [0.15, 0.2) is 11.4 Å². The number of rotatable bonds is 3. The zero-order chi connectivity index (χ0) is 17.5. The van der Waals surface area contributed by atoms with Gasteiger partial charge in [0.1, 0.15) is 5.69 Å². The van der Waals surface area contributed by atoms with Crippen molar-refractivity contribution in [3.8, 4) is 0 Å². The Hall–Kier alpha value is -2.83. The second kappa shape index (κ2) is 6.16. The number of carbonyl (C=O) groups is 1. The second-order valence-corrected chi connectivity index (χ2v) is 7.29. The minimum Gasteiger partial charge on any atom is -0.325 e. The summed E-state index contributed by atoms with van der Waals surface area (Å²) in [6, 6.07) is 14.1. The van der Waals surface area contributed by atoms with Crippen molar-refractivity contribution in [3.63, 3.8) is 0 Å². The predicted molar refractivity (Wildman–Crippen MR) is 102 cm³/mol. The molecule has 2 aliphatic rings. The van der Waals surface area contributed by atoms with E-state index in [1.807, 2.05) is 41.0 Å². The highest BCUT2D eigenvalue weighted by Gasteiger charge is 2.29. The lowest BCUT2D eigenvalue weighted by molar-refractivity contribution is -0.437. The Kier molecular flexibility index (Phi) is 3.65. The third-order valence-corrected chi connectivity index (χ3v) is 5.56. The number of quaternary nitrogens is 1. The van der Waals surface area contributed by atoms with Crippen LogP contribution in [0.25, 0.3) is 0 Å². The number of hydrogen-bond donors (Lipinski definition) is 2. The van der Waals surface area contributed by atoms with Gasteiger partial charge in [-0.1, -0.05) is 24.3 Å². The molecule has 0 spiro atoms. The monoisotopic (exact) mass is 361 g/mol. The molecular weight excluding hydrogens is 344 g/mol. The third kappa shape index (κ3) is 2.64. The van der Waals surface area contributed by atoms with Gasteiger partial charge >= 0.3 is 0 Å². The smallest absolute Gasteiger partial charge is 0.257 e. The van der Waals surface area contributed by atoms with Crippen LogP contribution in [0, 0.1) is 0 Å². The molecule has 0 saturated heterocycles. The zero-order valence-electron chi connectivity index (χ0n) is 14.0. The molecule has 1 aliphatic heterocycles. The van der Waals surface area contributed by atoms with Crippen LogP contribution in [0.15, 0.2) is 58.3 Å². The van der Waals surface area contributed by atoms with Crippen LogP contribution in [0.5, 0.6) is 0 Å². The van der Waals surface area contributed by atoms with Crippen LogP contribution < -0.4 is 10.6 Å². The molecule has 2 aromatic carbocycles. The van der Waals surface area contributed by atoms with Crippen molar-refractivity contribution >= 4 is 40.1 Å². The standard InChI is InChI=1S/C20H16N4OS/c25-20(15-7-5-12-3-1-2-4-14(12)15)22-13-6-8-16-17(9-13)24-19(23-16)18-10-26-11-21-18/h1-4,6,8-11,15H,5,7H2,(H,22,25)(H,23,24)/p+1. The fourth-order valence-corrected chi connectivity index (χ4v) is 4.23. The molecule has 5 rings (SSSR count). The minimum absolute atomic E-state index is 0.0635. The number of nitrogens with zero attached hydrogens (tertiary/aromatic N) is 2. The Labute approximate surface area is 154 Å². The minimum atomic E-state index is -0.0646. The molecular formula is C20H17N4OS+. The molecule has 0 saturated carbocycles. The summed E-state index contributed by atoms with van der Waals surface area (Å²) in [5, 5.41) is 7.09. The highest BCUT2D eigenvalue weighted by Crippen LogP contribution is 2.34. The number of nitrogens with two attached hydrogens (primary N) is 1. The summed E-state index contributed by atoms with van der Waals surface area (Å²) in [7, 11) is 0. The highest BCUT2D eigenvalue weighted by atomic mass is 32.1. The van der Waals surface area contributed by atoms with Gasteiger partial charge < -0.3 is 5.32 Å². The quantitative estimate of drug-likeness (QED) is 0.704. The Morgan fingerprint density at radius 2 is 2.15 bits per heavy atom. The molecule has 6 heteroatoms. The molecule has 3 N–H and O–H groups in total. The number of anilines is 1. The molecule has 1 aliphatic carbocycles. The van der Waals surface area contributed by atoms with E-state index in [4.69, 9.17) is 0 Å². The van der Waals surface area contributed by atoms with Gasteiger partial charge in [0, 0.05) is 17.1 Å². The molecule has 1 aromatic heterocycles. The number of aromatic nitrogens is 1. The van der Waals surface area contributed by atoms with Crippen LogP contribution in [0.1, 0.15) is 29.2 Å². The average Bonchev–Trinajstić information content (AvgIpc) is 3.39. The Bertz CT molecular complexity index is 1030. The lowest BCUT2D eigenvalue weighted by Crippen LogP contribution is -2.80. The van der Waals surface area contributed by atoms with Gasteiger partial charge in [0.25, 0.3) is 5.84 Å². The van der Waals surface area contributed by atoms with E-state index in [1.165, 1.54) is 5.56 Å². The van der Waals surface area contributed by atoms with Crippen molar-refractivity contribution in [2.45, 2.75) is 18.8 Å². The summed E-state index contributed by atoms with van der Waals surface area (Å²) < 4.78 is 0. The van der Waals surface area contributed by atoms with Gasteiger partial charge in [-0.2, -0.15) is 4.99 Å². The average molecular weight is 361 g/mol. The normalized spacial score (nSPS) is 17.5. The van der Waals surface area contributed by atoms with Crippen molar-refractivity contribution in [1.82, 2.24) is 4.98 Å². The van der Waals surface area contributed by atoms with Gasteiger partial charge in [-0.05, 0) is 36.1 Å². The molecule has 0 radical (unpaired) electrons. The molecule has 0 fully saturated rings. The van der Waals surface area contributed by atoms with E-state index in [2.05, 4.69) is 27.4 Å². The summed E-state index contributed by atoms with van der Waals surface area (Å²) >= 11 is 1.56. The number of amidine groups is 1. The van der Waals surface area contributed by atoms with Crippen LogP contribution in [-0.2, 0) is 11.2 Å². The maximum Gasteiger partial charge on any atom is 0.257 e. The number of amides is 1. The summed E-state index contributed by atoms with van der Waals surface area (Å²) in [6.45, 7) is 0. The lowest BCUT2D eigenvalue weighted by Gasteiger charge is -2.12. The van der Waals surface area contributed by atoms with E-state index in [-0.39, 0.29) is 11.8 Å². The van der Waals surface area contributed by atoms with Crippen LogP contribution >= 0.6 is 11.3 Å². The molecule has 2 heterocycles. The van der Waals surface area contributed by atoms with Crippen LogP contribution in [-0.4, -0.2) is 16.7 Å². The number of hydrogen-bond acceptors (Lipinski definition) is 4. The maximum atomic E-state index is 12.8. The molecule has 26 heavy (non-hydrogen) atoms. The number of carbonyl (C=O) groups excluding carboxylic acids is 1. The van der Waals surface area contributed by atoms with Crippen molar-refractivity contribution in [2.24, 2.45) is 4.99 Å². The fourth-order valence-electron chi connectivity index (χ4n) is 3.69. The number of fused-ring (bicyclic) bond motifs is 2. The number of benzene rings is 2. The van der Waals surface area contributed by atoms with E-state index < -0.39 is 0 Å². The molecule has 1 unspecified atom stereocenters. The van der Waals surface area contributed by atoms with E-state index in [0.717, 1.165) is 47.0 Å². The molecule has 3 aromatic rings. The molecule has 128 valence electrons. The van der Waals surface area contributed by atoms with E-state index >= 15 is 0 Å². The first-order chi connectivity index (χ1) is 12.8. The first-order valence-corrected chi connectivity index (χ1v) is 9.57. The lowest BCUT2D eigenvalue weighted by atomic mass is 10.0. The van der Waals surface area contributed by atoms with Gasteiger partial charge in [-0.25, -0.2) is 4.98 Å². The molecule has 1 amide bonds. The highest BCUT2D eigenvalue weighted by molar-refractivity contribution is 7.07. The Morgan fingerprint density at radius 3 is 3.04 bits per heavy atom. The fraction of sp³-hybridized carbons (Fsp3) is 0.150. The summed E-state index contributed by atoms with van der Waals surface area (Å²) in [4.78, 5) is 21.7. The van der Waals surface area contributed by atoms with E-state index in [0.29, 0.717) is 0 Å². The van der Waals surface area contributed by atoms with Crippen LogP contribution in [0.2, 0.25) is 0 Å². The number of aliphatic imine (C=N–C) groups is 1. The molecule has 0 bridgehead atoms. The Balaban J connectivity index is 1.33. The number of aryl methyl sites for hydroxylation is 1. The van der Waals surface area contributed by atoms with E-state index in [9.17, 15) is 4.79 Å². The number of thiazole rings is 1. The van der Waals surface area contributed by atoms with E-state index in [1.54, 1.807) is 16.8 Å². The first-order valence-electron chi connectivity index (χ1n) is 8.63. The summed E-state index contributed by atoms with van der Waals surface area (Å²) in [6.07, 6.45) is 1.84. The van der Waals surface area contributed by atoms with Crippen LogP contribution in [0.4, 0.5) is 17.1 Å². The van der Waals surface area contributed by atoms with Crippen molar-refractivity contribution in [1.29, 1.82) is 0 Å². The zero-order valence-corrected chi connectivity index (χ0v) is 14.8. The van der Waals surface area contributed by atoms with Gasteiger partial charge in [-0.15, -0.1) is 11.3 Å². The molecule has 1 atom stereocenters. The van der Waals surface area contributed by atoms with Crippen LogP contribution in [0.3, 0.4) is 0 Å². The topological polar surface area (TPSA) is 71.0 Å². The first kappa shape index (κ1) is 15.4. The third-order valence-electron chi connectivity index (χ3n) is 4.97. The van der Waals surface area contributed by atoms with Gasteiger partial charge in [-0.3, -0.25) is 10.1 Å². The summed E-state index contributed by atoms with van der Waals surface area (Å²) in [5.74, 6) is 0.869. The molecule has 5 nitrogen and oxygen atoms in total. The van der Waals surface area contributed by atoms with Crippen molar-refractivity contribution in [3.05, 3.63) is 70.2 Å². The number of nitrogens with one attached hydrogen (secondary N) is 1. The maximum absolute atomic E-state index is 12.8. The van der Waals surface area contributed by atoms with Gasteiger partial charge in [0.2, 0.25) is 5.91 Å².